The molecule has 6 nitrogen and oxygen atoms in total. The maximum absolute atomic E-state index is 13.0. The molecule has 0 fully saturated rings. The van der Waals surface area contributed by atoms with E-state index in [-0.39, 0.29) is 31.1 Å². The highest BCUT2D eigenvalue weighted by molar-refractivity contribution is 5.71. The predicted octanol–water partition coefficient (Wildman–Crippen LogP) is 25.1. The fourth-order valence-corrected chi connectivity index (χ4v) is 11.1. The molecule has 0 aromatic rings. The van der Waals surface area contributed by atoms with Gasteiger partial charge in [0.25, 0.3) is 0 Å². The van der Waals surface area contributed by atoms with Crippen LogP contribution in [-0.4, -0.2) is 37.2 Å². The van der Waals surface area contributed by atoms with Gasteiger partial charge in [0, 0.05) is 19.3 Å². The minimum Gasteiger partial charge on any atom is -0.462 e. The summed E-state index contributed by atoms with van der Waals surface area (Å²) in [6.07, 6.45) is 87.4. The first-order valence-corrected chi connectivity index (χ1v) is 36.5. The zero-order chi connectivity index (χ0) is 58.5. The lowest BCUT2D eigenvalue weighted by Crippen LogP contribution is -2.30. The molecule has 0 aromatic carbocycles. The second-order valence-corrected chi connectivity index (χ2v) is 24.9. The third kappa shape index (κ3) is 68.3. The van der Waals surface area contributed by atoms with Crippen LogP contribution in [0.25, 0.3) is 0 Å². The van der Waals surface area contributed by atoms with Crippen molar-refractivity contribution in [2.75, 3.05) is 13.2 Å². The second-order valence-electron chi connectivity index (χ2n) is 24.9. The summed E-state index contributed by atoms with van der Waals surface area (Å²) in [5.74, 6) is -0.837. The van der Waals surface area contributed by atoms with Gasteiger partial charge in [-0.1, -0.05) is 346 Å². The van der Waals surface area contributed by atoms with Gasteiger partial charge in [-0.05, 0) is 77.0 Å². The summed E-state index contributed by atoms with van der Waals surface area (Å²) in [6.45, 7) is 6.71. The van der Waals surface area contributed by atoms with Crippen molar-refractivity contribution < 1.29 is 28.6 Å². The number of allylic oxidation sites excluding steroid dienone is 6. The molecule has 0 bridgehead atoms. The van der Waals surface area contributed by atoms with Crippen molar-refractivity contribution in [3.8, 4) is 0 Å². The monoisotopic (exact) mass is 1140 g/mol. The summed E-state index contributed by atoms with van der Waals surface area (Å²) < 4.78 is 17.0. The number of hydrogen-bond donors (Lipinski definition) is 0. The first-order chi connectivity index (χ1) is 40.0. The van der Waals surface area contributed by atoms with Crippen molar-refractivity contribution in [3.05, 3.63) is 36.5 Å². The minimum absolute atomic E-state index is 0.0669. The van der Waals surface area contributed by atoms with Crippen molar-refractivity contribution in [2.45, 2.75) is 412 Å². The van der Waals surface area contributed by atoms with Gasteiger partial charge in [0.05, 0.1) is 0 Å². The number of rotatable bonds is 68. The molecule has 1 atom stereocenters. The summed E-state index contributed by atoms with van der Waals surface area (Å²) in [7, 11) is 0. The molecule has 81 heavy (non-hydrogen) atoms. The van der Waals surface area contributed by atoms with Crippen molar-refractivity contribution in [3.63, 3.8) is 0 Å². The Morgan fingerprint density at radius 2 is 0.444 bits per heavy atom. The van der Waals surface area contributed by atoms with Gasteiger partial charge in [-0.15, -0.1) is 0 Å². The lowest BCUT2D eigenvalue weighted by atomic mass is 10.0. The van der Waals surface area contributed by atoms with Crippen LogP contribution in [0.3, 0.4) is 0 Å². The molecule has 0 amide bonds. The van der Waals surface area contributed by atoms with Gasteiger partial charge in [0.15, 0.2) is 6.10 Å². The smallest absolute Gasteiger partial charge is 0.306 e. The Labute approximate surface area is 506 Å². The van der Waals surface area contributed by atoms with E-state index < -0.39 is 6.10 Å². The standard InChI is InChI=1S/C75H140O6/c1-4-7-10-13-16-19-22-25-28-31-33-34-35-36-37-38-39-40-42-44-47-50-53-56-59-62-65-68-74(77)80-71-72(70-79-73(76)67-64-61-58-55-52-49-46-43-30-27-24-21-18-15-12-9-6-3)81-75(78)69-66-63-60-57-54-51-48-45-41-32-29-26-23-20-17-14-11-8-5-2/h22,25-26,29,31,33,72H,4-21,23-24,27-28,30,32,34-71H2,1-3H3/b25-22-,29-26-,33-31-. The zero-order valence-electron chi connectivity index (χ0n) is 54.8. The SMILES string of the molecule is CCCCCCC/C=C\C/C=C\CCCCCCCCCCCCCCCCCC(=O)OCC(COC(=O)CCCCCCCCCCCCCCCCCCC)OC(=O)CCCCCCCCCCC/C=C\CCCCCCCC. The van der Waals surface area contributed by atoms with E-state index in [0.29, 0.717) is 19.3 Å². The molecule has 0 rings (SSSR count). The quantitative estimate of drug-likeness (QED) is 0.0261. The first kappa shape index (κ1) is 78.6. The first-order valence-electron chi connectivity index (χ1n) is 36.5. The molecular formula is C75H140O6. The minimum atomic E-state index is -0.772. The van der Waals surface area contributed by atoms with Crippen LogP contribution in [0.1, 0.15) is 406 Å². The topological polar surface area (TPSA) is 78.9 Å². The molecule has 0 aliphatic carbocycles. The van der Waals surface area contributed by atoms with E-state index in [0.717, 1.165) is 64.2 Å². The number of esters is 3. The predicted molar refractivity (Wildman–Crippen MR) is 353 cm³/mol. The molecule has 0 aliphatic rings. The number of hydrogen-bond acceptors (Lipinski definition) is 6. The number of ether oxygens (including phenoxy) is 3. The fraction of sp³-hybridized carbons (Fsp3) is 0.880. The average Bonchev–Trinajstić information content (AvgIpc) is 3.47. The summed E-state index contributed by atoms with van der Waals surface area (Å²) in [5, 5.41) is 0. The van der Waals surface area contributed by atoms with Crippen molar-refractivity contribution in [1.29, 1.82) is 0 Å². The molecular weight excluding hydrogens is 997 g/mol. The largest absolute Gasteiger partial charge is 0.462 e. The molecule has 6 heteroatoms. The second kappa shape index (κ2) is 70.1. The normalized spacial score (nSPS) is 12.2. The number of carbonyl (C=O) groups excluding carboxylic acids is 3. The molecule has 0 N–H and O–H groups in total. The van der Waals surface area contributed by atoms with Gasteiger partial charge in [-0.3, -0.25) is 14.4 Å². The highest BCUT2D eigenvalue weighted by Gasteiger charge is 2.19. The van der Waals surface area contributed by atoms with Gasteiger partial charge in [0.2, 0.25) is 0 Å². The summed E-state index contributed by atoms with van der Waals surface area (Å²) in [5.41, 5.74) is 0. The van der Waals surface area contributed by atoms with E-state index >= 15 is 0 Å². The third-order valence-electron chi connectivity index (χ3n) is 16.6. The van der Waals surface area contributed by atoms with E-state index in [9.17, 15) is 14.4 Å². The maximum Gasteiger partial charge on any atom is 0.306 e. The van der Waals surface area contributed by atoms with Crippen molar-refractivity contribution in [2.24, 2.45) is 0 Å². The van der Waals surface area contributed by atoms with E-state index in [1.54, 1.807) is 0 Å². The highest BCUT2D eigenvalue weighted by atomic mass is 16.6. The van der Waals surface area contributed by atoms with E-state index in [4.69, 9.17) is 14.2 Å². The van der Waals surface area contributed by atoms with Crippen LogP contribution in [0.15, 0.2) is 36.5 Å². The number of carbonyl (C=O) groups is 3. The molecule has 0 spiro atoms. The van der Waals surface area contributed by atoms with Crippen molar-refractivity contribution in [1.82, 2.24) is 0 Å². The lowest BCUT2D eigenvalue weighted by Gasteiger charge is -2.18. The summed E-state index contributed by atoms with van der Waals surface area (Å²) >= 11 is 0. The molecule has 0 heterocycles. The highest BCUT2D eigenvalue weighted by Crippen LogP contribution is 2.19. The van der Waals surface area contributed by atoms with Gasteiger partial charge in [-0.25, -0.2) is 0 Å². The van der Waals surface area contributed by atoms with Crippen molar-refractivity contribution >= 4 is 17.9 Å². The van der Waals surface area contributed by atoms with Crippen LogP contribution < -0.4 is 0 Å². The molecule has 1 unspecified atom stereocenters. The molecule has 0 saturated heterocycles. The van der Waals surface area contributed by atoms with Crippen LogP contribution in [0.2, 0.25) is 0 Å². The van der Waals surface area contributed by atoms with Crippen LogP contribution in [-0.2, 0) is 28.6 Å². The molecule has 0 radical (unpaired) electrons. The summed E-state index contributed by atoms with van der Waals surface area (Å²) in [6, 6.07) is 0. The summed E-state index contributed by atoms with van der Waals surface area (Å²) in [4.78, 5) is 38.5. The van der Waals surface area contributed by atoms with E-state index in [1.807, 2.05) is 0 Å². The van der Waals surface area contributed by atoms with E-state index in [1.165, 1.54) is 302 Å². The Balaban J connectivity index is 4.26. The Morgan fingerprint density at radius 1 is 0.247 bits per heavy atom. The Kier molecular flexibility index (Phi) is 68.1. The van der Waals surface area contributed by atoms with Gasteiger partial charge < -0.3 is 14.2 Å². The zero-order valence-corrected chi connectivity index (χ0v) is 54.8. The molecule has 0 aromatic heterocycles. The van der Waals surface area contributed by atoms with E-state index in [2.05, 4.69) is 57.2 Å². The maximum atomic E-state index is 13.0. The number of unbranched alkanes of at least 4 members (excludes halogenated alkanes) is 51. The molecule has 0 aliphatic heterocycles. The van der Waals surface area contributed by atoms with Gasteiger partial charge in [0.1, 0.15) is 13.2 Å². The Bertz CT molecular complexity index is 1350. The van der Waals surface area contributed by atoms with Crippen LogP contribution in [0.5, 0.6) is 0 Å². The third-order valence-corrected chi connectivity index (χ3v) is 16.6. The fourth-order valence-electron chi connectivity index (χ4n) is 11.1. The van der Waals surface area contributed by atoms with Crippen LogP contribution >= 0.6 is 0 Å². The molecule has 0 saturated carbocycles. The van der Waals surface area contributed by atoms with Crippen LogP contribution in [0.4, 0.5) is 0 Å². The molecule has 476 valence electrons. The van der Waals surface area contributed by atoms with Gasteiger partial charge >= 0.3 is 17.9 Å². The Hall–Kier alpha value is -2.37. The average molecular weight is 1140 g/mol. The Morgan fingerprint density at radius 3 is 0.691 bits per heavy atom. The lowest BCUT2D eigenvalue weighted by molar-refractivity contribution is -0.167. The van der Waals surface area contributed by atoms with Crippen LogP contribution in [0, 0.1) is 0 Å². The van der Waals surface area contributed by atoms with Gasteiger partial charge in [-0.2, -0.15) is 0 Å².